The van der Waals surface area contributed by atoms with Gasteiger partial charge in [-0.3, -0.25) is 4.79 Å². The van der Waals surface area contributed by atoms with Crippen LogP contribution in [0.3, 0.4) is 0 Å². The van der Waals surface area contributed by atoms with Crippen molar-refractivity contribution < 1.29 is 23.8 Å². The Morgan fingerprint density at radius 2 is 1.68 bits per heavy atom. The third-order valence-electron chi connectivity index (χ3n) is 5.65. The van der Waals surface area contributed by atoms with E-state index >= 15 is 0 Å². The van der Waals surface area contributed by atoms with Gasteiger partial charge in [-0.1, -0.05) is 42.5 Å². The minimum atomic E-state index is -0.480. The summed E-state index contributed by atoms with van der Waals surface area (Å²) in [6, 6.07) is 25.5. The number of hydrogen-bond acceptors (Lipinski definition) is 7. The highest BCUT2D eigenvalue weighted by molar-refractivity contribution is 8.18. The highest BCUT2D eigenvalue weighted by Gasteiger charge is 2.24. The van der Waals surface area contributed by atoms with E-state index in [1.54, 1.807) is 49.6 Å². The van der Waals surface area contributed by atoms with E-state index in [0.717, 1.165) is 16.5 Å². The highest BCUT2D eigenvalue weighted by atomic mass is 32.2. The second kappa shape index (κ2) is 10.6. The maximum Gasteiger partial charge on any atom is 0.344 e. The summed E-state index contributed by atoms with van der Waals surface area (Å²) in [4.78, 5) is 30.4. The molecule has 0 saturated carbocycles. The van der Waals surface area contributed by atoms with Crippen LogP contribution in [0.5, 0.6) is 17.2 Å². The van der Waals surface area contributed by atoms with Gasteiger partial charge in [-0.2, -0.15) is 0 Å². The van der Waals surface area contributed by atoms with Crippen molar-refractivity contribution in [2.75, 3.05) is 14.2 Å². The number of nitrogens with zero attached hydrogens (tertiary/aromatic N) is 1. The van der Waals surface area contributed by atoms with E-state index in [1.165, 1.54) is 18.9 Å². The van der Waals surface area contributed by atoms with Crippen molar-refractivity contribution in [1.82, 2.24) is 5.32 Å². The van der Waals surface area contributed by atoms with Gasteiger partial charge in [0.2, 0.25) is 0 Å². The molecule has 1 aliphatic rings. The number of thioether (sulfide) groups is 1. The summed E-state index contributed by atoms with van der Waals surface area (Å²) in [7, 11) is 3.10. The molecule has 1 saturated heterocycles. The van der Waals surface area contributed by atoms with E-state index in [-0.39, 0.29) is 11.7 Å². The van der Waals surface area contributed by atoms with Gasteiger partial charge in [0.05, 0.1) is 30.4 Å². The topological polar surface area (TPSA) is 86.2 Å². The fraction of sp³-hybridized carbons (Fsp3) is 0.0690. The van der Waals surface area contributed by atoms with Crippen LogP contribution in [0.2, 0.25) is 0 Å². The van der Waals surface area contributed by atoms with E-state index in [4.69, 9.17) is 14.2 Å². The molecule has 1 heterocycles. The summed E-state index contributed by atoms with van der Waals surface area (Å²) in [6.07, 6.45) is 1.73. The number of ether oxygens (including phenoxy) is 3. The van der Waals surface area contributed by atoms with Gasteiger partial charge in [-0.25, -0.2) is 9.79 Å². The van der Waals surface area contributed by atoms with Gasteiger partial charge in [0, 0.05) is 0 Å². The molecule has 1 N–H and O–H groups in total. The molecule has 0 radical (unpaired) electrons. The number of rotatable bonds is 6. The maximum atomic E-state index is 13.0. The van der Waals surface area contributed by atoms with Gasteiger partial charge in [0.25, 0.3) is 5.91 Å². The molecule has 7 nitrogen and oxygen atoms in total. The Labute approximate surface area is 217 Å². The van der Waals surface area contributed by atoms with Crippen molar-refractivity contribution in [3.05, 3.63) is 101 Å². The number of aliphatic imine (C=N–C) groups is 1. The van der Waals surface area contributed by atoms with Crippen LogP contribution in [0.4, 0.5) is 5.69 Å². The third kappa shape index (κ3) is 5.34. The van der Waals surface area contributed by atoms with E-state index in [0.29, 0.717) is 32.6 Å². The molecule has 37 heavy (non-hydrogen) atoms. The summed E-state index contributed by atoms with van der Waals surface area (Å²) in [6.45, 7) is 0. The first kappa shape index (κ1) is 24.1. The Balaban J connectivity index is 1.34. The Kier molecular flexibility index (Phi) is 6.91. The van der Waals surface area contributed by atoms with Gasteiger partial charge in [-0.15, -0.1) is 0 Å². The fourth-order valence-electron chi connectivity index (χ4n) is 3.82. The SMILES string of the molecule is COc1ccc(N=C2NC(=O)/C(=C/c3ccc(OC(=O)c4cccc5ccccc45)c(OC)c3)S2)cc1. The third-order valence-corrected chi connectivity index (χ3v) is 6.56. The van der Waals surface area contributed by atoms with Crippen LogP contribution in [0.25, 0.3) is 16.8 Å². The molecular formula is C29H22N2O5S. The Morgan fingerprint density at radius 1 is 0.892 bits per heavy atom. The molecule has 8 heteroatoms. The van der Waals surface area contributed by atoms with Crippen LogP contribution in [0.1, 0.15) is 15.9 Å². The molecule has 0 unspecified atom stereocenters. The predicted molar refractivity (Wildman–Crippen MR) is 146 cm³/mol. The number of hydrogen-bond donors (Lipinski definition) is 1. The summed E-state index contributed by atoms with van der Waals surface area (Å²) in [5.74, 6) is 0.660. The summed E-state index contributed by atoms with van der Waals surface area (Å²) < 4.78 is 16.3. The largest absolute Gasteiger partial charge is 0.497 e. The van der Waals surface area contributed by atoms with Crippen LogP contribution in [0, 0.1) is 0 Å². The van der Waals surface area contributed by atoms with Crippen LogP contribution < -0.4 is 19.5 Å². The van der Waals surface area contributed by atoms with Crippen LogP contribution >= 0.6 is 11.8 Å². The number of esters is 1. The van der Waals surface area contributed by atoms with Crippen LogP contribution in [0.15, 0.2) is 94.8 Å². The standard InChI is InChI=1S/C29H22N2O5S/c1-34-21-13-11-20(12-14-21)30-29-31-27(32)26(37-29)17-18-10-15-24(25(16-18)35-2)36-28(33)23-9-5-7-19-6-3-4-8-22(19)23/h3-17H,1-2H3,(H,30,31,32)/b26-17-. The summed E-state index contributed by atoms with van der Waals surface area (Å²) in [5.41, 5.74) is 1.88. The molecule has 1 fully saturated rings. The molecule has 184 valence electrons. The zero-order valence-electron chi connectivity index (χ0n) is 20.1. The van der Waals surface area contributed by atoms with Crippen LogP contribution in [-0.2, 0) is 4.79 Å². The Bertz CT molecular complexity index is 1560. The number of methoxy groups -OCH3 is 2. The molecule has 0 atom stereocenters. The molecule has 0 aliphatic carbocycles. The number of fused-ring (bicyclic) bond motifs is 1. The summed E-state index contributed by atoms with van der Waals surface area (Å²) in [5, 5.41) is 5.02. The Morgan fingerprint density at radius 3 is 2.46 bits per heavy atom. The number of nitrogens with one attached hydrogen (secondary N) is 1. The molecule has 4 aromatic carbocycles. The van der Waals surface area contributed by atoms with Crippen molar-refractivity contribution in [3.8, 4) is 17.2 Å². The highest BCUT2D eigenvalue weighted by Crippen LogP contribution is 2.33. The number of carbonyl (C=O) groups is 2. The molecule has 0 bridgehead atoms. The zero-order chi connectivity index (χ0) is 25.8. The number of amides is 1. The lowest BCUT2D eigenvalue weighted by atomic mass is 10.0. The average molecular weight is 511 g/mol. The van der Waals surface area contributed by atoms with Crippen molar-refractivity contribution in [2.24, 2.45) is 4.99 Å². The van der Waals surface area contributed by atoms with Crippen molar-refractivity contribution in [1.29, 1.82) is 0 Å². The minimum absolute atomic E-state index is 0.248. The smallest absolute Gasteiger partial charge is 0.344 e. The summed E-state index contributed by atoms with van der Waals surface area (Å²) >= 11 is 1.24. The van der Waals surface area contributed by atoms with Crippen molar-refractivity contribution in [2.45, 2.75) is 0 Å². The van der Waals surface area contributed by atoms with Crippen LogP contribution in [-0.4, -0.2) is 31.3 Å². The lowest BCUT2D eigenvalue weighted by Crippen LogP contribution is -2.19. The quantitative estimate of drug-likeness (QED) is 0.195. The van der Waals surface area contributed by atoms with E-state index in [2.05, 4.69) is 10.3 Å². The Hall–Kier alpha value is -4.56. The molecule has 0 spiro atoms. The molecule has 0 aromatic heterocycles. The first-order valence-electron chi connectivity index (χ1n) is 11.4. The normalized spacial score (nSPS) is 15.1. The van der Waals surface area contributed by atoms with E-state index < -0.39 is 5.97 Å². The first-order valence-corrected chi connectivity index (χ1v) is 12.2. The number of benzene rings is 4. The van der Waals surface area contributed by atoms with Gasteiger partial charge in [0.15, 0.2) is 16.7 Å². The second-order valence-corrected chi connectivity index (χ2v) is 9.04. The molecule has 1 aliphatic heterocycles. The lowest BCUT2D eigenvalue weighted by Gasteiger charge is -2.11. The van der Waals surface area contributed by atoms with Crippen molar-refractivity contribution >= 4 is 51.3 Å². The lowest BCUT2D eigenvalue weighted by molar-refractivity contribution is -0.115. The molecule has 5 rings (SSSR count). The second-order valence-electron chi connectivity index (χ2n) is 8.01. The molecule has 4 aromatic rings. The average Bonchev–Trinajstić information content (AvgIpc) is 3.27. The zero-order valence-corrected chi connectivity index (χ0v) is 20.9. The van der Waals surface area contributed by atoms with Crippen molar-refractivity contribution in [3.63, 3.8) is 0 Å². The van der Waals surface area contributed by atoms with Gasteiger partial charge in [0.1, 0.15) is 5.75 Å². The predicted octanol–water partition coefficient (Wildman–Crippen LogP) is 5.97. The monoisotopic (exact) mass is 510 g/mol. The minimum Gasteiger partial charge on any atom is -0.497 e. The maximum absolute atomic E-state index is 13.0. The molecule has 1 amide bonds. The fourth-order valence-corrected chi connectivity index (χ4v) is 4.66. The first-order chi connectivity index (χ1) is 18.0. The van der Waals surface area contributed by atoms with Gasteiger partial charge >= 0.3 is 5.97 Å². The molecular weight excluding hydrogens is 488 g/mol. The van der Waals surface area contributed by atoms with E-state index in [9.17, 15) is 9.59 Å². The van der Waals surface area contributed by atoms with Gasteiger partial charge in [-0.05, 0) is 76.6 Å². The van der Waals surface area contributed by atoms with Gasteiger partial charge < -0.3 is 19.5 Å². The number of carbonyl (C=O) groups excluding carboxylic acids is 2. The number of amidine groups is 1. The van der Waals surface area contributed by atoms with E-state index in [1.807, 2.05) is 48.5 Å².